The van der Waals surface area contributed by atoms with Gasteiger partial charge < -0.3 is 15.0 Å². The third-order valence-electron chi connectivity index (χ3n) is 8.77. The highest BCUT2D eigenvalue weighted by Crippen LogP contribution is 2.11. The van der Waals surface area contributed by atoms with E-state index in [1.807, 2.05) is 19.0 Å². The van der Waals surface area contributed by atoms with Crippen LogP contribution in [0.2, 0.25) is 0 Å². The van der Waals surface area contributed by atoms with E-state index in [2.05, 4.69) is 67.8 Å². The van der Waals surface area contributed by atoms with E-state index in [4.69, 9.17) is 4.74 Å². The van der Waals surface area contributed by atoms with Crippen LogP contribution in [-0.2, 0) is 19.1 Å². The number of carbonyl (C=O) groups excluding carboxylic acids is 3. The predicted octanol–water partition coefficient (Wildman–Crippen LogP) is 11.6. The molecule has 0 rings (SSSR count). The van der Waals surface area contributed by atoms with Crippen LogP contribution in [0, 0.1) is 0 Å². The van der Waals surface area contributed by atoms with Crippen LogP contribution in [0.15, 0.2) is 48.6 Å². The molecule has 0 aliphatic rings. The van der Waals surface area contributed by atoms with Gasteiger partial charge in [-0.15, -0.1) is 0 Å². The highest BCUT2D eigenvalue weighted by Gasteiger charge is 2.23. The molecule has 1 atom stereocenters. The van der Waals surface area contributed by atoms with Gasteiger partial charge in [0, 0.05) is 12.8 Å². The second-order valence-corrected chi connectivity index (χ2v) is 14.2. The van der Waals surface area contributed by atoms with Crippen molar-refractivity contribution in [2.45, 2.75) is 187 Å². The molecule has 0 aromatic carbocycles. The van der Waals surface area contributed by atoms with E-state index < -0.39 is 12.0 Å². The molecule has 0 saturated carbocycles. The highest BCUT2D eigenvalue weighted by atomic mass is 16.5. The Balaban J connectivity index is 4.17. The Kier molecular flexibility index (Phi) is 35.9. The van der Waals surface area contributed by atoms with Crippen molar-refractivity contribution in [2.75, 3.05) is 27.2 Å². The minimum Gasteiger partial charge on any atom is -0.464 e. The molecule has 0 heterocycles. The molecule has 0 bridgehead atoms. The molecule has 288 valence electrons. The van der Waals surface area contributed by atoms with Crippen molar-refractivity contribution in [3.05, 3.63) is 48.6 Å². The molecule has 0 aliphatic heterocycles. The van der Waals surface area contributed by atoms with Gasteiger partial charge in [-0.1, -0.05) is 133 Å². The maximum absolute atomic E-state index is 12.9. The lowest BCUT2D eigenvalue weighted by Gasteiger charge is -2.18. The first-order valence-corrected chi connectivity index (χ1v) is 20.6. The number of hydrogen-bond donors (Lipinski definition) is 1. The van der Waals surface area contributed by atoms with Crippen molar-refractivity contribution in [3.8, 4) is 0 Å². The minimum absolute atomic E-state index is 0.0564. The SMILES string of the molecule is CCCCC/C=C\C/C=C\CCCCCCCCOC(=O)C(CCC(=O)CN(C)C)NC(=O)CCCCCCC/C=C\C/C=C\CCCCC. The molecular weight excluding hydrogens is 620 g/mol. The number of amides is 1. The van der Waals surface area contributed by atoms with Crippen molar-refractivity contribution in [3.63, 3.8) is 0 Å². The predicted molar refractivity (Wildman–Crippen MR) is 214 cm³/mol. The number of Topliss-reactive ketones (excluding diaryl/α,β-unsaturated/α-hetero) is 1. The van der Waals surface area contributed by atoms with Gasteiger partial charge in [-0.25, -0.2) is 4.79 Å². The van der Waals surface area contributed by atoms with Crippen LogP contribution in [0.1, 0.15) is 181 Å². The van der Waals surface area contributed by atoms with E-state index in [1.165, 1.54) is 77.0 Å². The Labute approximate surface area is 309 Å². The van der Waals surface area contributed by atoms with Crippen molar-refractivity contribution in [1.29, 1.82) is 0 Å². The van der Waals surface area contributed by atoms with Crippen molar-refractivity contribution < 1.29 is 19.1 Å². The van der Waals surface area contributed by atoms with Gasteiger partial charge in [-0.3, -0.25) is 9.59 Å². The fraction of sp³-hybridized carbons (Fsp3) is 0.750. The number of ether oxygens (including phenoxy) is 1. The first kappa shape index (κ1) is 47.5. The van der Waals surface area contributed by atoms with Crippen molar-refractivity contribution in [1.82, 2.24) is 10.2 Å². The Morgan fingerprint density at radius 1 is 0.560 bits per heavy atom. The Morgan fingerprint density at radius 3 is 1.48 bits per heavy atom. The van der Waals surface area contributed by atoms with E-state index >= 15 is 0 Å². The quantitative estimate of drug-likeness (QED) is 0.0400. The molecule has 0 saturated heterocycles. The number of esters is 1. The number of likely N-dealkylation sites (N-methyl/N-ethyl adjacent to an activating group) is 1. The largest absolute Gasteiger partial charge is 0.464 e. The number of nitrogens with zero attached hydrogens (tertiary/aromatic N) is 1. The van der Waals surface area contributed by atoms with E-state index in [-0.39, 0.29) is 24.5 Å². The van der Waals surface area contributed by atoms with Crippen molar-refractivity contribution >= 4 is 17.7 Å². The Bertz CT molecular complexity index is 921. The number of nitrogens with one attached hydrogen (secondary N) is 1. The second kappa shape index (κ2) is 37.8. The molecule has 0 aromatic heterocycles. The molecule has 1 unspecified atom stereocenters. The zero-order valence-electron chi connectivity index (χ0n) is 33.1. The fourth-order valence-corrected chi connectivity index (χ4v) is 5.71. The van der Waals surface area contributed by atoms with Crippen LogP contribution in [0.4, 0.5) is 0 Å². The van der Waals surface area contributed by atoms with Gasteiger partial charge in [-0.2, -0.15) is 0 Å². The van der Waals surface area contributed by atoms with Gasteiger partial charge >= 0.3 is 5.97 Å². The lowest BCUT2D eigenvalue weighted by Crippen LogP contribution is -2.42. The summed E-state index contributed by atoms with van der Waals surface area (Å²) in [7, 11) is 3.70. The molecule has 6 nitrogen and oxygen atoms in total. The summed E-state index contributed by atoms with van der Waals surface area (Å²) in [6, 6.07) is -0.767. The van der Waals surface area contributed by atoms with Crippen LogP contribution < -0.4 is 5.32 Å². The molecule has 1 N–H and O–H groups in total. The molecule has 0 aliphatic carbocycles. The summed E-state index contributed by atoms with van der Waals surface area (Å²) in [4.78, 5) is 39.7. The second-order valence-electron chi connectivity index (χ2n) is 14.2. The smallest absolute Gasteiger partial charge is 0.328 e. The average Bonchev–Trinajstić information content (AvgIpc) is 3.09. The summed E-state index contributed by atoms with van der Waals surface area (Å²) in [6.07, 6.45) is 45.5. The summed E-state index contributed by atoms with van der Waals surface area (Å²) in [5.41, 5.74) is 0. The standard InChI is InChI=1S/C44H78N2O4/c1-5-7-9-11-13-15-17-19-21-23-25-27-29-31-33-35-39-50-44(49)42(38-37-41(47)40-46(3)4)45-43(48)36-34-32-30-28-26-24-22-20-18-16-14-12-10-8-6-2/h13-16,19-22,42H,5-12,17-18,23-40H2,1-4H3,(H,45,48)/b15-13-,16-14-,21-19-,22-20-. The lowest BCUT2D eigenvalue weighted by molar-refractivity contribution is -0.148. The average molecular weight is 699 g/mol. The highest BCUT2D eigenvalue weighted by molar-refractivity contribution is 5.86. The summed E-state index contributed by atoms with van der Waals surface area (Å²) in [5.74, 6) is -0.494. The van der Waals surface area contributed by atoms with Gasteiger partial charge in [0.2, 0.25) is 5.91 Å². The third kappa shape index (κ3) is 35.4. The van der Waals surface area contributed by atoms with Gasteiger partial charge in [0.1, 0.15) is 11.8 Å². The van der Waals surface area contributed by atoms with Gasteiger partial charge in [0.05, 0.1) is 13.2 Å². The zero-order chi connectivity index (χ0) is 36.8. The maximum atomic E-state index is 12.9. The maximum Gasteiger partial charge on any atom is 0.328 e. The minimum atomic E-state index is -0.767. The van der Waals surface area contributed by atoms with E-state index in [0.29, 0.717) is 19.6 Å². The number of hydrogen-bond acceptors (Lipinski definition) is 5. The summed E-state index contributed by atoms with van der Waals surface area (Å²) < 4.78 is 5.57. The first-order valence-electron chi connectivity index (χ1n) is 20.6. The summed E-state index contributed by atoms with van der Waals surface area (Å²) >= 11 is 0. The van der Waals surface area contributed by atoms with Crippen LogP contribution in [0.25, 0.3) is 0 Å². The van der Waals surface area contributed by atoms with E-state index in [0.717, 1.165) is 70.6 Å². The normalized spacial score (nSPS) is 12.7. The molecule has 1 amide bonds. The molecule has 0 radical (unpaired) electrons. The Hall–Kier alpha value is -2.47. The molecule has 0 fully saturated rings. The lowest BCUT2D eigenvalue weighted by atomic mass is 10.1. The van der Waals surface area contributed by atoms with E-state index in [9.17, 15) is 14.4 Å². The number of rotatable bonds is 36. The topological polar surface area (TPSA) is 75.7 Å². The third-order valence-corrected chi connectivity index (χ3v) is 8.77. The molecule has 0 spiro atoms. The molecule has 0 aromatic rings. The monoisotopic (exact) mass is 699 g/mol. The van der Waals surface area contributed by atoms with Gasteiger partial charge in [0.25, 0.3) is 0 Å². The van der Waals surface area contributed by atoms with Crippen LogP contribution >= 0.6 is 0 Å². The first-order chi connectivity index (χ1) is 24.4. The fourth-order valence-electron chi connectivity index (χ4n) is 5.71. The number of ketones is 1. The summed E-state index contributed by atoms with van der Waals surface area (Å²) in [5, 5.41) is 2.88. The molecular formula is C44H78N2O4. The Morgan fingerprint density at radius 2 is 1.00 bits per heavy atom. The van der Waals surface area contributed by atoms with Crippen LogP contribution in [0.5, 0.6) is 0 Å². The number of unbranched alkanes of at least 4 members (excludes halogenated alkanes) is 17. The molecule has 50 heavy (non-hydrogen) atoms. The molecule has 6 heteroatoms. The van der Waals surface area contributed by atoms with Gasteiger partial charge in [0.15, 0.2) is 0 Å². The van der Waals surface area contributed by atoms with Crippen LogP contribution in [-0.4, -0.2) is 55.8 Å². The van der Waals surface area contributed by atoms with Crippen molar-refractivity contribution in [2.24, 2.45) is 0 Å². The van der Waals surface area contributed by atoms with Gasteiger partial charge in [-0.05, 0) is 97.6 Å². The van der Waals surface area contributed by atoms with Crippen LogP contribution in [0.3, 0.4) is 0 Å². The zero-order valence-corrected chi connectivity index (χ0v) is 33.1. The van der Waals surface area contributed by atoms with E-state index in [1.54, 1.807) is 0 Å². The summed E-state index contributed by atoms with van der Waals surface area (Å²) in [6.45, 7) is 5.16. The number of allylic oxidation sites excluding steroid dienone is 8. The number of carbonyl (C=O) groups is 3.